The van der Waals surface area contributed by atoms with E-state index in [1.54, 1.807) is 0 Å². The van der Waals surface area contributed by atoms with Crippen LogP contribution in [0.15, 0.2) is 18.2 Å². The minimum absolute atomic E-state index is 0.0247. The molecule has 0 aliphatic carbocycles. The lowest BCUT2D eigenvalue weighted by molar-refractivity contribution is -0.120. The van der Waals surface area contributed by atoms with Crippen LogP contribution in [-0.4, -0.2) is 24.9 Å². The molecule has 0 fully saturated rings. The number of rotatable bonds is 5. The van der Waals surface area contributed by atoms with Gasteiger partial charge < -0.3 is 16.4 Å². The molecule has 1 aromatic carbocycles. The van der Waals surface area contributed by atoms with Gasteiger partial charge in [-0.05, 0) is 24.1 Å². The summed E-state index contributed by atoms with van der Waals surface area (Å²) in [7, 11) is 0. The van der Waals surface area contributed by atoms with Gasteiger partial charge in [-0.1, -0.05) is 13.8 Å². The van der Waals surface area contributed by atoms with E-state index in [1.165, 1.54) is 12.1 Å². The average molecular weight is 267 g/mol. The van der Waals surface area contributed by atoms with Crippen LogP contribution in [0.4, 0.5) is 10.1 Å². The normalized spacial score (nSPS) is 10.3. The summed E-state index contributed by atoms with van der Waals surface area (Å²) in [6.45, 7) is 4.30. The molecule has 19 heavy (non-hydrogen) atoms. The van der Waals surface area contributed by atoms with Gasteiger partial charge in [0.1, 0.15) is 5.82 Å². The number of hydrogen-bond acceptors (Lipinski definition) is 3. The fourth-order valence-electron chi connectivity index (χ4n) is 1.36. The van der Waals surface area contributed by atoms with Gasteiger partial charge in [0.25, 0.3) is 5.91 Å². The molecule has 1 rings (SSSR count). The number of benzene rings is 1. The zero-order chi connectivity index (χ0) is 14.4. The molecule has 0 radical (unpaired) electrons. The van der Waals surface area contributed by atoms with Gasteiger partial charge in [0.05, 0.1) is 12.1 Å². The van der Waals surface area contributed by atoms with Crippen molar-refractivity contribution in [1.29, 1.82) is 0 Å². The number of hydrogen-bond donors (Lipinski definition) is 3. The highest BCUT2D eigenvalue weighted by Gasteiger charge is 2.12. The fourth-order valence-corrected chi connectivity index (χ4v) is 1.36. The molecule has 0 bridgehead atoms. The maximum atomic E-state index is 13.0. The Kier molecular flexibility index (Phi) is 5.29. The molecule has 0 aromatic heterocycles. The third-order valence-corrected chi connectivity index (χ3v) is 2.38. The third-order valence-electron chi connectivity index (χ3n) is 2.38. The molecule has 0 unspecified atom stereocenters. The van der Waals surface area contributed by atoms with E-state index in [4.69, 9.17) is 5.73 Å². The third kappa shape index (κ3) is 4.95. The fraction of sp³-hybridized carbons (Fsp3) is 0.385. The van der Waals surface area contributed by atoms with E-state index in [0.717, 1.165) is 6.07 Å². The van der Waals surface area contributed by atoms with Crippen molar-refractivity contribution in [2.45, 2.75) is 13.8 Å². The number of carbonyl (C=O) groups is 2. The largest absolute Gasteiger partial charge is 0.398 e. The first-order valence-corrected chi connectivity index (χ1v) is 6.00. The lowest BCUT2D eigenvalue weighted by Crippen LogP contribution is -2.38. The van der Waals surface area contributed by atoms with Gasteiger partial charge in [-0.2, -0.15) is 0 Å². The summed E-state index contributed by atoms with van der Waals surface area (Å²) in [6, 6.07) is 3.52. The lowest BCUT2D eigenvalue weighted by atomic mass is 10.1. The van der Waals surface area contributed by atoms with Crippen molar-refractivity contribution in [3.05, 3.63) is 29.6 Å². The number of nitrogen functional groups attached to an aromatic ring is 1. The molecule has 0 aliphatic heterocycles. The summed E-state index contributed by atoms with van der Waals surface area (Å²) in [5.41, 5.74) is 5.76. The van der Waals surface area contributed by atoms with Crippen molar-refractivity contribution >= 4 is 17.5 Å². The molecule has 0 aliphatic rings. The predicted molar refractivity (Wildman–Crippen MR) is 71.0 cm³/mol. The molecule has 6 heteroatoms. The van der Waals surface area contributed by atoms with Gasteiger partial charge in [-0.15, -0.1) is 0 Å². The van der Waals surface area contributed by atoms with Gasteiger partial charge >= 0.3 is 0 Å². The molecule has 0 heterocycles. The summed E-state index contributed by atoms with van der Waals surface area (Å²) >= 11 is 0. The smallest absolute Gasteiger partial charge is 0.253 e. The van der Waals surface area contributed by atoms with Crippen molar-refractivity contribution in [2.75, 3.05) is 18.8 Å². The Labute approximate surface area is 111 Å². The monoisotopic (exact) mass is 267 g/mol. The van der Waals surface area contributed by atoms with Crippen molar-refractivity contribution in [2.24, 2.45) is 5.92 Å². The Morgan fingerprint density at radius 3 is 2.63 bits per heavy atom. The average Bonchev–Trinajstić information content (AvgIpc) is 2.36. The zero-order valence-corrected chi connectivity index (χ0v) is 11.0. The Bertz CT molecular complexity index is 475. The van der Waals surface area contributed by atoms with Crippen LogP contribution in [-0.2, 0) is 4.79 Å². The second-order valence-corrected chi connectivity index (χ2v) is 4.61. The molecule has 104 valence electrons. The van der Waals surface area contributed by atoms with E-state index >= 15 is 0 Å². The molecular weight excluding hydrogens is 249 g/mol. The second kappa shape index (κ2) is 6.72. The van der Waals surface area contributed by atoms with Gasteiger partial charge in [0, 0.05) is 12.2 Å². The number of halogens is 1. The highest BCUT2D eigenvalue weighted by atomic mass is 19.1. The van der Waals surface area contributed by atoms with Crippen LogP contribution in [0.25, 0.3) is 0 Å². The molecule has 5 nitrogen and oxygen atoms in total. The Morgan fingerprint density at radius 1 is 1.32 bits per heavy atom. The van der Waals surface area contributed by atoms with Crippen molar-refractivity contribution in [3.63, 3.8) is 0 Å². The molecule has 0 spiro atoms. The van der Waals surface area contributed by atoms with Gasteiger partial charge in [-0.3, -0.25) is 9.59 Å². The van der Waals surface area contributed by atoms with E-state index in [-0.39, 0.29) is 23.7 Å². The highest BCUT2D eigenvalue weighted by Crippen LogP contribution is 2.12. The molecule has 0 saturated carbocycles. The minimum Gasteiger partial charge on any atom is -0.398 e. The van der Waals surface area contributed by atoms with Crippen LogP contribution in [0, 0.1) is 11.7 Å². The number of nitrogens with two attached hydrogens (primary N) is 1. The lowest BCUT2D eigenvalue weighted by Gasteiger charge is -2.09. The number of nitrogens with one attached hydrogen (secondary N) is 2. The predicted octanol–water partition coefficient (Wildman–Crippen LogP) is 0.910. The van der Waals surface area contributed by atoms with E-state index in [2.05, 4.69) is 10.6 Å². The number of amides is 2. The molecule has 0 saturated heterocycles. The molecule has 1 aromatic rings. The summed E-state index contributed by atoms with van der Waals surface area (Å²) in [5, 5.41) is 5.05. The molecule has 4 N–H and O–H groups in total. The van der Waals surface area contributed by atoms with Crippen LogP contribution < -0.4 is 16.4 Å². The van der Waals surface area contributed by atoms with Crippen molar-refractivity contribution in [1.82, 2.24) is 10.6 Å². The van der Waals surface area contributed by atoms with Gasteiger partial charge in [0.15, 0.2) is 0 Å². The first-order valence-electron chi connectivity index (χ1n) is 6.00. The molecular formula is C13H18FN3O2. The minimum atomic E-state index is -0.573. The summed E-state index contributed by atoms with van der Waals surface area (Å²) in [6.07, 6.45) is 0. The number of carbonyl (C=O) groups excluding carboxylic acids is 2. The van der Waals surface area contributed by atoms with E-state index in [1.807, 2.05) is 13.8 Å². The SMILES string of the molecule is CC(C)CNC(=O)CNC(=O)c1cc(F)ccc1N. The van der Waals surface area contributed by atoms with Crippen molar-refractivity contribution in [3.8, 4) is 0 Å². The van der Waals surface area contributed by atoms with Crippen LogP contribution in [0.2, 0.25) is 0 Å². The topological polar surface area (TPSA) is 84.2 Å². The van der Waals surface area contributed by atoms with E-state index in [9.17, 15) is 14.0 Å². The van der Waals surface area contributed by atoms with Crippen LogP contribution in [0.5, 0.6) is 0 Å². The maximum absolute atomic E-state index is 13.0. The maximum Gasteiger partial charge on any atom is 0.253 e. The quantitative estimate of drug-likeness (QED) is 0.693. The summed E-state index contributed by atoms with van der Waals surface area (Å²) in [4.78, 5) is 23.1. The first-order chi connectivity index (χ1) is 8.90. The molecule has 0 atom stereocenters. The zero-order valence-electron chi connectivity index (χ0n) is 11.0. The Morgan fingerprint density at radius 2 is 2.00 bits per heavy atom. The van der Waals surface area contributed by atoms with Crippen LogP contribution in [0.1, 0.15) is 24.2 Å². The van der Waals surface area contributed by atoms with Crippen LogP contribution in [0.3, 0.4) is 0 Å². The molecule has 2 amide bonds. The van der Waals surface area contributed by atoms with Gasteiger partial charge in [-0.25, -0.2) is 4.39 Å². The number of anilines is 1. The summed E-state index contributed by atoms with van der Waals surface area (Å²) < 4.78 is 13.0. The highest BCUT2D eigenvalue weighted by molar-refractivity contribution is 6.00. The standard InChI is InChI=1S/C13H18FN3O2/c1-8(2)6-16-12(18)7-17-13(19)10-5-9(14)3-4-11(10)15/h3-5,8H,6-7,15H2,1-2H3,(H,16,18)(H,17,19). The van der Waals surface area contributed by atoms with Crippen molar-refractivity contribution < 1.29 is 14.0 Å². The first kappa shape index (κ1) is 14.9. The Balaban J connectivity index is 2.51. The van der Waals surface area contributed by atoms with E-state index in [0.29, 0.717) is 12.5 Å². The van der Waals surface area contributed by atoms with Gasteiger partial charge in [0.2, 0.25) is 5.91 Å². The summed E-state index contributed by atoms with van der Waals surface area (Å²) in [5.74, 6) is -1.09. The van der Waals surface area contributed by atoms with E-state index < -0.39 is 11.7 Å². The second-order valence-electron chi connectivity index (χ2n) is 4.61. The Hall–Kier alpha value is -2.11. The van der Waals surface area contributed by atoms with Crippen LogP contribution >= 0.6 is 0 Å².